The molecule has 0 saturated carbocycles. The minimum absolute atomic E-state index is 0.0323. The van der Waals surface area contributed by atoms with Gasteiger partial charge in [-0.05, 0) is 44.4 Å². The number of ether oxygens (including phenoxy) is 1. The van der Waals surface area contributed by atoms with Crippen LogP contribution in [0.15, 0.2) is 35.7 Å². The summed E-state index contributed by atoms with van der Waals surface area (Å²) in [6, 6.07) is 9.80. The van der Waals surface area contributed by atoms with E-state index in [1.54, 1.807) is 18.4 Å². The van der Waals surface area contributed by atoms with Gasteiger partial charge < -0.3 is 14.7 Å². The number of piperidine rings is 1. The van der Waals surface area contributed by atoms with E-state index < -0.39 is 5.60 Å². The van der Waals surface area contributed by atoms with Gasteiger partial charge in [-0.2, -0.15) is 0 Å². The predicted molar refractivity (Wildman–Crippen MR) is 113 cm³/mol. The lowest BCUT2D eigenvalue weighted by Gasteiger charge is -2.37. The number of hydrogen-bond acceptors (Lipinski definition) is 6. The molecule has 0 radical (unpaired) electrons. The highest BCUT2D eigenvalue weighted by Gasteiger charge is 2.37. The normalized spacial score (nSPS) is 22.1. The molecule has 3 heterocycles. The van der Waals surface area contributed by atoms with Crippen molar-refractivity contribution in [2.75, 3.05) is 33.4 Å². The third kappa shape index (κ3) is 4.53. The van der Waals surface area contributed by atoms with Crippen molar-refractivity contribution < 1.29 is 14.6 Å². The first kappa shape index (κ1) is 20.5. The standard InChI is InChI=1S/C22H29N3O3S/c1-28-15-18-8-5-11-25(18)14-20-23-19(16-29-20)22(27)9-12-24(13-10-22)21(26)17-6-3-2-4-7-17/h2-4,6-7,16,18,27H,5,8-15H2,1H3. The van der Waals surface area contributed by atoms with Gasteiger partial charge in [0.05, 0.1) is 18.8 Å². The number of methoxy groups -OCH3 is 1. The second kappa shape index (κ2) is 8.92. The minimum Gasteiger partial charge on any atom is -0.383 e. The third-order valence-corrected chi connectivity index (χ3v) is 6.96. The lowest BCUT2D eigenvalue weighted by molar-refractivity contribution is -0.0241. The number of hydrogen-bond donors (Lipinski definition) is 1. The fourth-order valence-corrected chi connectivity index (χ4v) is 5.27. The maximum Gasteiger partial charge on any atom is 0.253 e. The summed E-state index contributed by atoms with van der Waals surface area (Å²) in [4.78, 5) is 21.7. The van der Waals surface area contributed by atoms with E-state index in [9.17, 15) is 9.90 Å². The molecule has 2 fully saturated rings. The molecular weight excluding hydrogens is 386 g/mol. The number of thiazole rings is 1. The van der Waals surface area contributed by atoms with Crippen LogP contribution in [0.2, 0.25) is 0 Å². The van der Waals surface area contributed by atoms with Crippen molar-refractivity contribution in [3.05, 3.63) is 52.0 Å². The zero-order chi connectivity index (χ0) is 20.3. The molecule has 156 valence electrons. The van der Waals surface area contributed by atoms with E-state index in [-0.39, 0.29) is 5.91 Å². The summed E-state index contributed by atoms with van der Waals surface area (Å²) < 4.78 is 5.34. The molecule has 1 amide bonds. The van der Waals surface area contributed by atoms with Crippen molar-refractivity contribution in [1.82, 2.24) is 14.8 Å². The van der Waals surface area contributed by atoms with Gasteiger partial charge in [-0.15, -0.1) is 11.3 Å². The van der Waals surface area contributed by atoms with Crippen molar-refractivity contribution in [3.8, 4) is 0 Å². The Balaban J connectivity index is 1.37. The molecule has 1 N–H and O–H groups in total. The Morgan fingerprint density at radius 2 is 2.03 bits per heavy atom. The number of likely N-dealkylation sites (tertiary alicyclic amines) is 2. The Morgan fingerprint density at radius 3 is 2.76 bits per heavy atom. The Kier molecular flexibility index (Phi) is 6.29. The number of carbonyl (C=O) groups excluding carboxylic acids is 1. The van der Waals surface area contributed by atoms with Gasteiger partial charge >= 0.3 is 0 Å². The van der Waals surface area contributed by atoms with Crippen LogP contribution >= 0.6 is 11.3 Å². The lowest BCUT2D eigenvalue weighted by Crippen LogP contribution is -2.45. The van der Waals surface area contributed by atoms with E-state index in [0.29, 0.717) is 37.5 Å². The molecule has 2 aromatic rings. The van der Waals surface area contributed by atoms with E-state index >= 15 is 0 Å². The summed E-state index contributed by atoms with van der Waals surface area (Å²) in [7, 11) is 1.75. The first-order chi connectivity index (χ1) is 14.1. The van der Waals surface area contributed by atoms with Gasteiger partial charge in [0.15, 0.2) is 0 Å². The Labute approximate surface area is 176 Å². The summed E-state index contributed by atoms with van der Waals surface area (Å²) in [6.07, 6.45) is 3.40. The van der Waals surface area contributed by atoms with E-state index in [4.69, 9.17) is 9.72 Å². The molecule has 2 aliphatic heterocycles. The zero-order valence-corrected chi connectivity index (χ0v) is 17.7. The molecule has 0 aliphatic carbocycles. The largest absolute Gasteiger partial charge is 0.383 e. The van der Waals surface area contributed by atoms with Crippen LogP contribution < -0.4 is 0 Å². The quantitative estimate of drug-likeness (QED) is 0.786. The minimum atomic E-state index is -0.945. The van der Waals surface area contributed by atoms with Crippen molar-refractivity contribution >= 4 is 17.2 Å². The number of aliphatic hydroxyl groups is 1. The molecular formula is C22H29N3O3S. The zero-order valence-electron chi connectivity index (χ0n) is 16.9. The summed E-state index contributed by atoms with van der Waals surface area (Å²) >= 11 is 1.62. The molecule has 7 heteroatoms. The second-order valence-corrected chi connectivity index (χ2v) is 8.98. The summed E-state index contributed by atoms with van der Waals surface area (Å²) in [5.41, 5.74) is 0.510. The maximum absolute atomic E-state index is 12.6. The van der Waals surface area contributed by atoms with Crippen LogP contribution in [0.5, 0.6) is 0 Å². The van der Waals surface area contributed by atoms with Crippen molar-refractivity contribution in [1.29, 1.82) is 0 Å². The predicted octanol–water partition coefficient (Wildman–Crippen LogP) is 2.88. The van der Waals surface area contributed by atoms with Crippen LogP contribution in [0, 0.1) is 0 Å². The smallest absolute Gasteiger partial charge is 0.253 e. The highest BCUT2D eigenvalue weighted by Crippen LogP contribution is 2.34. The van der Waals surface area contributed by atoms with Gasteiger partial charge in [-0.3, -0.25) is 9.69 Å². The summed E-state index contributed by atoms with van der Waals surface area (Å²) in [5.74, 6) is 0.0323. The van der Waals surface area contributed by atoms with E-state index in [0.717, 1.165) is 30.4 Å². The van der Waals surface area contributed by atoms with Gasteiger partial charge in [-0.1, -0.05) is 18.2 Å². The van der Waals surface area contributed by atoms with Gasteiger partial charge in [0, 0.05) is 37.2 Å². The maximum atomic E-state index is 12.6. The second-order valence-electron chi connectivity index (χ2n) is 8.04. The molecule has 6 nitrogen and oxygen atoms in total. The summed E-state index contributed by atoms with van der Waals surface area (Å²) in [6.45, 7) is 3.73. The molecule has 1 atom stereocenters. The number of rotatable bonds is 6. The van der Waals surface area contributed by atoms with Crippen LogP contribution in [0.1, 0.15) is 46.7 Å². The molecule has 0 bridgehead atoms. The molecule has 2 saturated heterocycles. The highest BCUT2D eigenvalue weighted by molar-refractivity contribution is 7.09. The number of carbonyl (C=O) groups is 1. The van der Waals surface area contributed by atoms with Gasteiger partial charge in [-0.25, -0.2) is 4.98 Å². The van der Waals surface area contributed by atoms with Crippen LogP contribution in [0.3, 0.4) is 0 Å². The molecule has 4 rings (SSSR count). The van der Waals surface area contributed by atoms with Crippen LogP contribution in [0.25, 0.3) is 0 Å². The number of aromatic nitrogens is 1. The SMILES string of the molecule is COCC1CCCN1Cc1nc(C2(O)CCN(C(=O)c3ccccc3)CC2)cs1. The first-order valence-electron chi connectivity index (χ1n) is 10.3. The summed E-state index contributed by atoms with van der Waals surface area (Å²) in [5, 5.41) is 14.2. The molecule has 2 aliphatic rings. The number of benzene rings is 1. The Hall–Kier alpha value is -1.80. The van der Waals surface area contributed by atoms with Gasteiger partial charge in [0.25, 0.3) is 5.91 Å². The first-order valence-corrected chi connectivity index (χ1v) is 11.2. The fraction of sp³-hybridized carbons (Fsp3) is 0.545. The Bertz CT molecular complexity index is 818. The van der Waals surface area contributed by atoms with Crippen molar-refractivity contribution in [2.45, 2.75) is 43.9 Å². The average Bonchev–Trinajstić information content (AvgIpc) is 3.40. The fourth-order valence-electron chi connectivity index (χ4n) is 4.35. The van der Waals surface area contributed by atoms with E-state index in [1.807, 2.05) is 40.6 Å². The Morgan fingerprint density at radius 1 is 1.28 bits per heavy atom. The highest BCUT2D eigenvalue weighted by atomic mass is 32.1. The van der Waals surface area contributed by atoms with Gasteiger partial charge in [0.2, 0.25) is 0 Å². The topological polar surface area (TPSA) is 65.9 Å². The van der Waals surface area contributed by atoms with E-state index in [1.165, 1.54) is 12.8 Å². The van der Waals surface area contributed by atoms with Crippen LogP contribution in [0.4, 0.5) is 0 Å². The number of nitrogens with zero attached hydrogens (tertiary/aromatic N) is 3. The average molecular weight is 416 g/mol. The molecule has 1 aromatic heterocycles. The molecule has 0 spiro atoms. The molecule has 1 aromatic carbocycles. The lowest BCUT2D eigenvalue weighted by atomic mass is 9.88. The van der Waals surface area contributed by atoms with Gasteiger partial charge in [0.1, 0.15) is 10.6 Å². The molecule has 1 unspecified atom stereocenters. The van der Waals surface area contributed by atoms with Crippen LogP contribution in [-0.4, -0.2) is 65.2 Å². The van der Waals surface area contributed by atoms with E-state index in [2.05, 4.69) is 4.90 Å². The van der Waals surface area contributed by atoms with Crippen LogP contribution in [-0.2, 0) is 16.9 Å². The molecule has 29 heavy (non-hydrogen) atoms. The van der Waals surface area contributed by atoms with Crippen molar-refractivity contribution in [3.63, 3.8) is 0 Å². The number of amides is 1. The third-order valence-electron chi connectivity index (χ3n) is 6.12. The monoisotopic (exact) mass is 415 g/mol. The van der Waals surface area contributed by atoms with Crippen molar-refractivity contribution in [2.24, 2.45) is 0 Å².